The average molecular weight is 375 g/mol. The van der Waals surface area contributed by atoms with Crippen LogP contribution >= 0.6 is 11.6 Å². The maximum Gasteiger partial charge on any atom is 0.260 e. The van der Waals surface area contributed by atoms with E-state index in [2.05, 4.69) is 4.90 Å². The molecule has 2 aromatic rings. The van der Waals surface area contributed by atoms with Crippen LogP contribution in [0.2, 0.25) is 5.02 Å². The molecule has 1 aliphatic rings. The molecule has 0 unspecified atom stereocenters. The maximum absolute atomic E-state index is 12.3. The van der Waals surface area contributed by atoms with Crippen LogP contribution in [0.5, 0.6) is 11.5 Å². The summed E-state index contributed by atoms with van der Waals surface area (Å²) >= 11 is 6.04. The SMILES string of the molecule is O=C(COc1ccccc1Cl)N1CCN(CCOc2ccccc2)CC1. The summed E-state index contributed by atoms with van der Waals surface area (Å²) in [7, 11) is 0. The third kappa shape index (κ3) is 5.38. The van der Waals surface area contributed by atoms with Gasteiger partial charge in [0.1, 0.15) is 18.1 Å². The van der Waals surface area contributed by atoms with E-state index in [4.69, 9.17) is 21.1 Å². The minimum atomic E-state index is -0.00916. The number of hydrogen-bond acceptors (Lipinski definition) is 4. The van der Waals surface area contributed by atoms with Crippen molar-refractivity contribution in [2.45, 2.75) is 0 Å². The minimum absolute atomic E-state index is 0.00916. The van der Waals surface area contributed by atoms with Crippen LogP contribution < -0.4 is 9.47 Å². The second-order valence-electron chi connectivity index (χ2n) is 6.10. The number of benzene rings is 2. The van der Waals surface area contributed by atoms with Gasteiger partial charge in [0.25, 0.3) is 5.91 Å². The van der Waals surface area contributed by atoms with Crippen LogP contribution in [-0.2, 0) is 4.79 Å². The molecule has 6 heteroatoms. The molecular weight excluding hydrogens is 352 g/mol. The topological polar surface area (TPSA) is 42.0 Å². The highest BCUT2D eigenvalue weighted by atomic mass is 35.5. The molecule has 1 aliphatic heterocycles. The summed E-state index contributed by atoms with van der Waals surface area (Å²) in [6.07, 6.45) is 0. The van der Waals surface area contributed by atoms with Gasteiger partial charge in [-0.25, -0.2) is 0 Å². The number of nitrogens with zero attached hydrogens (tertiary/aromatic N) is 2. The van der Waals surface area contributed by atoms with E-state index < -0.39 is 0 Å². The first kappa shape index (κ1) is 18.5. The fourth-order valence-corrected chi connectivity index (χ4v) is 3.01. The number of hydrogen-bond donors (Lipinski definition) is 0. The van der Waals surface area contributed by atoms with Crippen molar-refractivity contribution in [3.8, 4) is 11.5 Å². The second kappa shape index (κ2) is 9.46. The molecule has 0 radical (unpaired) electrons. The van der Waals surface area contributed by atoms with Gasteiger partial charge in [0.15, 0.2) is 6.61 Å². The fourth-order valence-electron chi connectivity index (χ4n) is 2.82. The number of piperazine rings is 1. The predicted octanol–water partition coefficient (Wildman–Crippen LogP) is 2.94. The molecule has 1 heterocycles. The summed E-state index contributed by atoms with van der Waals surface area (Å²) in [6.45, 7) is 4.61. The first-order chi connectivity index (χ1) is 12.7. The molecule has 2 aromatic carbocycles. The fraction of sp³-hybridized carbons (Fsp3) is 0.350. The molecule has 1 fully saturated rings. The zero-order valence-corrected chi connectivity index (χ0v) is 15.4. The molecule has 1 saturated heterocycles. The summed E-state index contributed by atoms with van der Waals surface area (Å²) in [5.41, 5.74) is 0. The first-order valence-electron chi connectivity index (χ1n) is 8.78. The standard InChI is InChI=1S/C20H23ClN2O3/c21-18-8-4-5-9-19(18)26-16-20(24)23-12-10-22(11-13-23)14-15-25-17-6-2-1-3-7-17/h1-9H,10-16H2. The van der Waals surface area contributed by atoms with Gasteiger partial charge in [-0.1, -0.05) is 41.9 Å². The van der Waals surface area contributed by atoms with Gasteiger partial charge in [0.05, 0.1) is 5.02 Å². The van der Waals surface area contributed by atoms with Crippen molar-refractivity contribution >= 4 is 17.5 Å². The van der Waals surface area contributed by atoms with Crippen LogP contribution in [0.25, 0.3) is 0 Å². The Balaban J connectivity index is 1.35. The van der Waals surface area contributed by atoms with Gasteiger partial charge in [-0.15, -0.1) is 0 Å². The Morgan fingerprint density at radius 1 is 0.923 bits per heavy atom. The average Bonchev–Trinajstić information content (AvgIpc) is 2.68. The monoisotopic (exact) mass is 374 g/mol. The Morgan fingerprint density at radius 2 is 1.62 bits per heavy atom. The lowest BCUT2D eigenvalue weighted by atomic mass is 10.3. The molecule has 0 spiro atoms. The van der Waals surface area contributed by atoms with Gasteiger partial charge in [0.2, 0.25) is 0 Å². The molecule has 0 bridgehead atoms. The Bertz CT molecular complexity index is 703. The van der Waals surface area contributed by atoms with Gasteiger partial charge in [-0.2, -0.15) is 0 Å². The van der Waals surface area contributed by atoms with Crippen molar-refractivity contribution in [1.82, 2.24) is 9.80 Å². The largest absolute Gasteiger partial charge is 0.492 e. The van der Waals surface area contributed by atoms with Crippen molar-refractivity contribution in [2.24, 2.45) is 0 Å². The van der Waals surface area contributed by atoms with E-state index in [-0.39, 0.29) is 12.5 Å². The lowest BCUT2D eigenvalue weighted by Crippen LogP contribution is -2.50. The molecule has 3 rings (SSSR count). The minimum Gasteiger partial charge on any atom is -0.492 e. The van der Waals surface area contributed by atoms with Crippen LogP contribution in [-0.4, -0.2) is 61.6 Å². The molecule has 138 valence electrons. The lowest BCUT2D eigenvalue weighted by Gasteiger charge is -2.34. The third-order valence-electron chi connectivity index (χ3n) is 4.33. The van der Waals surface area contributed by atoms with Crippen molar-refractivity contribution in [2.75, 3.05) is 45.9 Å². The molecule has 0 atom stereocenters. The van der Waals surface area contributed by atoms with Gasteiger partial charge in [-0.05, 0) is 24.3 Å². The molecule has 0 saturated carbocycles. The van der Waals surface area contributed by atoms with E-state index in [9.17, 15) is 4.79 Å². The summed E-state index contributed by atoms with van der Waals surface area (Å²) in [5.74, 6) is 1.42. The first-order valence-corrected chi connectivity index (χ1v) is 9.15. The van der Waals surface area contributed by atoms with Crippen molar-refractivity contribution < 1.29 is 14.3 Å². The summed E-state index contributed by atoms with van der Waals surface area (Å²) in [4.78, 5) is 16.4. The molecular formula is C20H23ClN2O3. The zero-order chi connectivity index (χ0) is 18.2. The second-order valence-corrected chi connectivity index (χ2v) is 6.51. The highest BCUT2D eigenvalue weighted by molar-refractivity contribution is 6.32. The summed E-state index contributed by atoms with van der Waals surface area (Å²) in [5, 5.41) is 0.517. The van der Waals surface area contributed by atoms with Crippen LogP contribution in [0.1, 0.15) is 0 Å². The van der Waals surface area contributed by atoms with Crippen LogP contribution in [0.4, 0.5) is 0 Å². The highest BCUT2D eigenvalue weighted by Gasteiger charge is 2.21. The maximum atomic E-state index is 12.3. The summed E-state index contributed by atoms with van der Waals surface area (Å²) in [6, 6.07) is 17.0. The lowest BCUT2D eigenvalue weighted by molar-refractivity contribution is -0.135. The number of carbonyl (C=O) groups is 1. The van der Waals surface area contributed by atoms with Crippen molar-refractivity contribution in [1.29, 1.82) is 0 Å². The van der Waals surface area contributed by atoms with Crippen molar-refractivity contribution in [3.63, 3.8) is 0 Å². The number of para-hydroxylation sites is 2. The van der Waals surface area contributed by atoms with E-state index in [1.54, 1.807) is 12.1 Å². The van der Waals surface area contributed by atoms with Gasteiger partial charge >= 0.3 is 0 Å². The number of amides is 1. The van der Waals surface area contributed by atoms with E-state index in [1.165, 1.54) is 0 Å². The van der Waals surface area contributed by atoms with E-state index in [1.807, 2.05) is 47.4 Å². The normalized spacial score (nSPS) is 14.9. The Labute approximate surface area is 159 Å². The van der Waals surface area contributed by atoms with Crippen molar-refractivity contribution in [3.05, 3.63) is 59.6 Å². The molecule has 0 N–H and O–H groups in total. The van der Waals surface area contributed by atoms with Gasteiger partial charge in [0, 0.05) is 32.7 Å². The quantitative estimate of drug-likeness (QED) is 0.747. The zero-order valence-electron chi connectivity index (χ0n) is 14.6. The molecule has 0 aliphatic carbocycles. The number of ether oxygens (including phenoxy) is 2. The van der Waals surface area contributed by atoms with Crippen LogP contribution in [0, 0.1) is 0 Å². The van der Waals surface area contributed by atoms with Gasteiger partial charge in [-0.3, -0.25) is 9.69 Å². The van der Waals surface area contributed by atoms with E-state index in [0.717, 1.165) is 25.4 Å². The predicted molar refractivity (Wildman–Crippen MR) is 102 cm³/mol. The molecule has 0 aromatic heterocycles. The Kier molecular flexibility index (Phi) is 6.75. The third-order valence-corrected chi connectivity index (χ3v) is 4.64. The molecule has 5 nitrogen and oxygen atoms in total. The van der Waals surface area contributed by atoms with E-state index >= 15 is 0 Å². The van der Waals surface area contributed by atoms with Crippen LogP contribution in [0.15, 0.2) is 54.6 Å². The van der Waals surface area contributed by atoms with Crippen LogP contribution in [0.3, 0.4) is 0 Å². The highest BCUT2D eigenvalue weighted by Crippen LogP contribution is 2.23. The number of carbonyl (C=O) groups excluding carboxylic acids is 1. The molecule has 1 amide bonds. The summed E-state index contributed by atoms with van der Waals surface area (Å²) < 4.78 is 11.3. The number of rotatable bonds is 7. The Morgan fingerprint density at radius 3 is 2.35 bits per heavy atom. The number of halogens is 1. The molecule has 26 heavy (non-hydrogen) atoms. The Hall–Kier alpha value is -2.24. The van der Waals surface area contributed by atoms with E-state index in [0.29, 0.717) is 30.5 Å². The smallest absolute Gasteiger partial charge is 0.260 e. The van der Waals surface area contributed by atoms with Gasteiger partial charge < -0.3 is 14.4 Å².